The van der Waals surface area contributed by atoms with Crippen LogP contribution in [0.15, 0.2) is 18.2 Å². The van der Waals surface area contributed by atoms with Gasteiger partial charge in [0.2, 0.25) is 0 Å². The van der Waals surface area contributed by atoms with E-state index in [0.29, 0.717) is 10.0 Å². The van der Waals surface area contributed by atoms with Gasteiger partial charge in [0.05, 0.1) is 12.1 Å². The Labute approximate surface area is 105 Å². The maximum absolute atomic E-state index is 6.22. The molecule has 0 spiro atoms. The lowest BCUT2D eigenvalue weighted by Gasteiger charge is -2.18. The molecule has 0 atom stereocenters. The normalized spacial score (nSPS) is 15.8. The summed E-state index contributed by atoms with van der Waals surface area (Å²) in [5, 5.41) is 4.51. The SMILES string of the molecule is COc1cc(Cl)cc(Cl)c1C1=CCNCC1. The van der Waals surface area contributed by atoms with Crippen molar-refractivity contribution < 1.29 is 4.74 Å². The first-order valence-electron chi connectivity index (χ1n) is 5.15. The van der Waals surface area contributed by atoms with Crippen LogP contribution in [0.1, 0.15) is 12.0 Å². The number of halogens is 2. The molecule has 1 aliphatic rings. The fraction of sp³-hybridized carbons (Fsp3) is 0.333. The van der Waals surface area contributed by atoms with Gasteiger partial charge >= 0.3 is 0 Å². The van der Waals surface area contributed by atoms with Crippen LogP contribution in [-0.4, -0.2) is 20.2 Å². The fourth-order valence-electron chi connectivity index (χ4n) is 1.87. The quantitative estimate of drug-likeness (QED) is 0.878. The summed E-state index contributed by atoms with van der Waals surface area (Å²) in [4.78, 5) is 0. The third-order valence-corrected chi connectivity index (χ3v) is 3.14. The minimum absolute atomic E-state index is 0.597. The minimum atomic E-state index is 0.597. The summed E-state index contributed by atoms with van der Waals surface area (Å²) in [7, 11) is 1.63. The van der Waals surface area contributed by atoms with Crippen LogP contribution in [0.25, 0.3) is 5.57 Å². The second-order valence-electron chi connectivity index (χ2n) is 3.65. The van der Waals surface area contributed by atoms with Crippen molar-refractivity contribution in [2.45, 2.75) is 6.42 Å². The van der Waals surface area contributed by atoms with Gasteiger partial charge in [0.25, 0.3) is 0 Å². The molecule has 0 bridgehead atoms. The van der Waals surface area contributed by atoms with Gasteiger partial charge in [-0.25, -0.2) is 0 Å². The first-order valence-corrected chi connectivity index (χ1v) is 5.91. The van der Waals surface area contributed by atoms with Crippen molar-refractivity contribution >= 4 is 28.8 Å². The number of nitrogens with one attached hydrogen (secondary N) is 1. The van der Waals surface area contributed by atoms with Crippen LogP contribution in [0.5, 0.6) is 5.75 Å². The predicted octanol–water partition coefficient (Wildman–Crippen LogP) is 3.38. The molecule has 1 aliphatic heterocycles. The molecule has 0 aliphatic carbocycles. The molecule has 1 aromatic carbocycles. The summed E-state index contributed by atoms with van der Waals surface area (Å²) in [5.74, 6) is 0.741. The zero-order valence-electron chi connectivity index (χ0n) is 9.02. The molecule has 2 rings (SSSR count). The summed E-state index contributed by atoms with van der Waals surface area (Å²) in [6.45, 7) is 1.84. The standard InChI is InChI=1S/C12H13Cl2NO/c1-16-11-7-9(13)6-10(14)12(11)8-2-4-15-5-3-8/h2,6-7,15H,3-5H2,1H3. The molecule has 0 saturated heterocycles. The second kappa shape index (κ2) is 5.09. The Kier molecular flexibility index (Phi) is 3.74. The highest BCUT2D eigenvalue weighted by Gasteiger charge is 2.15. The number of ether oxygens (including phenoxy) is 1. The van der Waals surface area contributed by atoms with Crippen LogP contribution in [0.2, 0.25) is 10.0 Å². The van der Waals surface area contributed by atoms with E-state index in [-0.39, 0.29) is 0 Å². The minimum Gasteiger partial charge on any atom is -0.496 e. The van der Waals surface area contributed by atoms with Gasteiger partial charge in [-0.15, -0.1) is 0 Å². The number of methoxy groups -OCH3 is 1. The molecule has 0 saturated carbocycles. The zero-order valence-corrected chi connectivity index (χ0v) is 10.5. The van der Waals surface area contributed by atoms with E-state index in [9.17, 15) is 0 Å². The molecular formula is C12H13Cl2NO. The topological polar surface area (TPSA) is 21.3 Å². The molecule has 4 heteroatoms. The van der Waals surface area contributed by atoms with Gasteiger partial charge in [0.1, 0.15) is 5.75 Å². The highest BCUT2D eigenvalue weighted by molar-refractivity contribution is 6.36. The maximum atomic E-state index is 6.22. The van der Waals surface area contributed by atoms with Crippen LogP contribution in [0.4, 0.5) is 0 Å². The molecule has 0 unspecified atom stereocenters. The van der Waals surface area contributed by atoms with Crippen LogP contribution in [0.3, 0.4) is 0 Å². The Bertz CT molecular complexity index is 429. The van der Waals surface area contributed by atoms with Crippen molar-refractivity contribution in [3.8, 4) is 5.75 Å². The number of hydrogen-bond acceptors (Lipinski definition) is 2. The second-order valence-corrected chi connectivity index (χ2v) is 4.49. The number of hydrogen-bond donors (Lipinski definition) is 1. The Balaban J connectivity index is 2.49. The molecule has 0 fully saturated rings. The lowest BCUT2D eigenvalue weighted by molar-refractivity contribution is 0.413. The van der Waals surface area contributed by atoms with E-state index in [1.807, 2.05) is 0 Å². The zero-order chi connectivity index (χ0) is 11.5. The molecule has 1 heterocycles. The smallest absolute Gasteiger partial charge is 0.129 e. The molecular weight excluding hydrogens is 245 g/mol. The highest BCUT2D eigenvalue weighted by Crippen LogP contribution is 2.37. The van der Waals surface area contributed by atoms with E-state index < -0.39 is 0 Å². The van der Waals surface area contributed by atoms with E-state index in [2.05, 4.69) is 11.4 Å². The monoisotopic (exact) mass is 257 g/mol. The van der Waals surface area contributed by atoms with Crippen molar-refractivity contribution in [2.24, 2.45) is 0 Å². The van der Waals surface area contributed by atoms with Crippen LogP contribution >= 0.6 is 23.2 Å². The molecule has 1 N–H and O–H groups in total. The van der Waals surface area contributed by atoms with Crippen LogP contribution < -0.4 is 10.1 Å². The van der Waals surface area contributed by atoms with Crippen molar-refractivity contribution in [3.05, 3.63) is 33.8 Å². The molecule has 2 nitrogen and oxygen atoms in total. The Morgan fingerprint density at radius 3 is 2.75 bits per heavy atom. The van der Waals surface area contributed by atoms with Crippen molar-refractivity contribution in [3.63, 3.8) is 0 Å². The van der Waals surface area contributed by atoms with Gasteiger partial charge in [0.15, 0.2) is 0 Å². The van der Waals surface area contributed by atoms with Gasteiger partial charge in [-0.1, -0.05) is 29.3 Å². The van der Waals surface area contributed by atoms with Gasteiger partial charge in [0, 0.05) is 17.1 Å². The average molecular weight is 258 g/mol. The Morgan fingerprint density at radius 1 is 1.31 bits per heavy atom. The average Bonchev–Trinajstić information content (AvgIpc) is 2.29. The third kappa shape index (κ3) is 2.34. The molecule has 0 radical (unpaired) electrons. The van der Waals surface area contributed by atoms with E-state index in [4.69, 9.17) is 27.9 Å². The van der Waals surface area contributed by atoms with E-state index >= 15 is 0 Å². The van der Waals surface area contributed by atoms with E-state index in [1.54, 1.807) is 19.2 Å². The largest absolute Gasteiger partial charge is 0.496 e. The lowest BCUT2D eigenvalue weighted by Crippen LogP contribution is -2.20. The van der Waals surface area contributed by atoms with Gasteiger partial charge in [-0.05, 0) is 30.7 Å². The lowest BCUT2D eigenvalue weighted by atomic mass is 9.99. The summed E-state index contributed by atoms with van der Waals surface area (Å²) in [5.41, 5.74) is 2.19. The van der Waals surface area contributed by atoms with Crippen molar-refractivity contribution in [1.29, 1.82) is 0 Å². The van der Waals surface area contributed by atoms with Crippen molar-refractivity contribution in [1.82, 2.24) is 5.32 Å². The number of benzene rings is 1. The van der Waals surface area contributed by atoms with Crippen LogP contribution in [0, 0.1) is 0 Å². The van der Waals surface area contributed by atoms with Crippen LogP contribution in [-0.2, 0) is 0 Å². The summed E-state index contributed by atoms with van der Waals surface area (Å²) >= 11 is 12.2. The van der Waals surface area contributed by atoms with E-state index in [0.717, 1.165) is 30.8 Å². The van der Waals surface area contributed by atoms with Crippen molar-refractivity contribution in [2.75, 3.05) is 20.2 Å². The predicted molar refractivity (Wildman–Crippen MR) is 68.5 cm³/mol. The van der Waals surface area contributed by atoms with E-state index in [1.165, 1.54) is 5.57 Å². The van der Waals surface area contributed by atoms with Gasteiger partial charge < -0.3 is 10.1 Å². The molecule has 0 amide bonds. The summed E-state index contributed by atoms with van der Waals surface area (Å²) in [6, 6.07) is 3.55. The molecule has 0 aromatic heterocycles. The maximum Gasteiger partial charge on any atom is 0.129 e. The van der Waals surface area contributed by atoms with Gasteiger partial charge in [-0.3, -0.25) is 0 Å². The third-order valence-electron chi connectivity index (χ3n) is 2.62. The van der Waals surface area contributed by atoms with Gasteiger partial charge in [-0.2, -0.15) is 0 Å². The molecule has 1 aromatic rings. The molecule has 16 heavy (non-hydrogen) atoms. The summed E-state index contributed by atoms with van der Waals surface area (Å²) in [6.07, 6.45) is 3.10. The molecule has 86 valence electrons. The number of rotatable bonds is 2. The first-order chi connectivity index (χ1) is 7.72. The fourth-order valence-corrected chi connectivity index (χ4v) is 2.47. The summed E-state index contributed by atoms with van der Waals surface area (Å²) < 4.78 is 5.33. The Hall–Kier alpha value is -0.700. The highest BCUT2D eigenvalue weighted by atomic mass is 35.5. The Morgan fingerprint density at radius 2 is 2.12 bits per heavy atom. The first kappa shape index (κ1) is 11.8.